The number of piperazine rings is 1. The standard InChI is InChI=1S/C15H20ClN3O4/c1-3-23-15(21)19-8-6-18(7-9-19)14(20)17-11-4-5-13(22-2)12(16)10-11/h4-5,10H,3,6-9H2,1-2H3,(H,17,20). The monoisotopic (exact) mass is 341 g/mol. The van der Waals surface area contributed by atoms with Crippen molar-refractivity contribution in [1.29, 1.82) is 0 Å². The van der Waals surface area contributed by atoms with Crippen molar-refractivity contribution >= 4 is 29.4 Å². The second-order valence-corrected chi connectivity index (χ2v) is 5.36. The highest BCUT2D eigenvalue weighted by Gasteiger charge is 2.24. The van der Waals surface area contributed by atoms with Gasteiger partial charge in [-0.15, -0.1) is 0 Å². The van der Waals surface area contributed by atoms with E-state index in [1.165, 1.54) is 7.11 Å². The zero-order chi connectivity index (χ0) is 16.8. The largest absolute Gasteiger partial charge is 0.495 e. The number of amides is 3. The van der Waals surface area contributed by atoms with Crippen molar-refractivity contribution in [2.24, 2.45) is 0 Å². The molecule has 1 heterocycles. The molecule has 0 saturated carbocycles. The first-order valence-corrected chi connectivity index (χ1v) is 7.74. The number of methoxy groups -OCH3 is 1. The minimum Gasteiger partial charge on any atom is -0.495 e. The van der Waals surface area contributed by atoms with Crippen LogP contribution in [-0.2, 0) is 4.74 Å². The van der Waals surface area contributed by atoms with E-state index in [1.807, 2.05) is 0 Å². The van der Waals surface area contributed by atoms with Crippen LogP contribution in [0.2, 0.25) is 5.02 Å². The Balaban J connectivity index is 1.88. The van der Waals surface area contributed by atoms with E-state index in [9.17, 15) is 9.59 Å². The molecular weight excluding hydrogens is 322 g/mol. The molecule has 1 aliphatic heterocycles. The van der Waals surface area contributed by atoms with Crippen LogP contribution in [-0.4, -0.2) is 61.8 Å². The number of carbonyl (C=O) groups is 2. The third-order valence-corrected chi connectivity index (χ3v) is 3.79. The molecule has 0 radical (unpaired) electrons. The molecule has 7 nitrogen and oxygen atoms in total. The maximum atomic E-state index is 12.2. The first kappa shape index (κ1) is 17.2. The van der Waals surface area contributed by atoms with E-state index in [-0.39, 0.29) is 12.1 Å². The molecule has 8 heteroatoms. The summed E-state index contributed by atoms with van der Waals surface area (Å²) in [5.74, 6) is 0.549. The smallest absolute Gasteiger partial charge is 0.409 e. The van der Waals surface area contributed by atoms with Gasteiger partial charge in [0.2, 0.25) is 0 Å². The van der Waals surface area contributed by atoms with Gasteiger partial charge in [-0.2, -0.15) is 0 Å². The van der Waals surface area contributed by atoms with Gasteiger partial charge >= 0.3 is 12.1 Å². The normalized spacial score (nSPS) is 14.4. The lowest BCUT2D eigenvalue weighted by Crippen LogP contribution is -2.51. The van der Waals surface area contributed by atoms with Gasteiger partial charge in [0.25, 0.3) is 0 Å². The van der Waals surface area contributed by atoms with Crippen molar-refractivity contribution < 1.29 is 19.1 Å². The van der Waals surface area contributed by atoms with E-state index in [0.29, 0.717) is 49.2 Å². The first-order chi connectivity index (χ1) is 11.0. The molecule has 1 aliphatic rings. The number of rotatable bonds is 3. The van der Waals surface area contributed by atoms with Crippen molar-refractivity contribution in [2.75, 3.05) is 45.2 Å². The third kappa shape index (κ3) is 4.41. The van der Waals surface area contributed by atoms with Gasteiger partial charge in [-0.3, -0.25) is 0 Å². The first-order valence-electron chi connectivity index (χ1n) is 7.36. The second-order valence-electron chi connectivity index (χ2n) is 4.95. The molecule has 126 valence electrons. The van der Waals surface area contributed by atoms with Crippen LogP contribution in [0.25, 0.3) is 0 Å². The molecule has 3 amide bonds. The number of ether oxygens (including phenoxy) is 2. The van der Waals surface area contributed by atoms with Crippen LogP contribution in [0.5, 0.6) is 5.75 Å². The quantitative estimate of drug-likeness (QED) is 0.917. The molecule has 0 aromatic heterocycles. The summed E-state index contributed by atoms with van der Waals surface area (Å²) in [5.41, 5.74) is 0.591. The molecule has 23 heavy (non-hydrogen) atoms. The number of nitrogens with one attached hydrogen (secondary N) is 1. The number of urea groups is 1. The Bertz CT molecular complexity index is 574. The highest BCUT2D eigenvalue weighted by molar-refractivity contribution is 6.32. The number of anilines is 1. The number of hydrogen-bond donors (Lipinski definition) is 1. The fraction of sp³-hybridized carbons (Fsp3) is 0.467. The predicted molar refractivity (Wildman–Crippen MR) is 87.2 cm³/mol. The lowest BCUT2D eigenvalue weighted by Gasteiger charge is -2.34. The van der Waals surface area contributed by atoms with E-state index in [4.69, 9.17) is 21.1 Å². The van der Waals surface area contributed by atoms with Crippen LogP contribution in [0.1, 0.15) is 6.92 Å². The van der Waals surface area contributed by atoms with Gasteiger partial charge in [-0.05, 0) is 25.1 Å². The zero-order valence-electron chi connectivity index (χ0n) is 13.2. The summed E-state index contributed by atoms with van der Waals surface area (Å²) in [6.07, 6.45) is -0.338. The van der Waals surface area contributed by atoms with Gasteiger partial charge < -0.3 is 24.6 Å². The Morgan fingerprint density at radius 3 is 2.43 bits per heavy atom. The van der Waals surface area contributed by atoms with E-state index in [1.54, 1.807) is 34.9 Å². The molecule has 1 fully saturated rings. The van der Waals surface area contributed by atoms with Gasteiger partial charge in [-0.1, -0.05) is 11.6 Å². The van der Waals surface area contributed by atoms with Gasteiger partial charge in [-0.25, -0.2) is 9.59 Å². The van der Waals surface area contributed by atoms with Crippen LogP contribution in [0.4, 0.5) is 15.3 Å². The van der Waals surface area contributed by atoms with Crippen LogP contribution in [0.3, 0.4) is 0 Å². The lowest BCUT2D eigenvalue weighted by atomic mass is 10.3. The minimum atomic E-state index is -0.338. The molecule has 0 atom stereocenters. The van der Waals surface area contributed by atoms with Crippen LogP contribution in [0.15, 0.2) is 18.2 Å². The molecule has 1 saturated heterocycles. The summed E-state index contributed by atoms with van der Waals surface area (Å²) in [5, 5.41) is 3.21. The lowest BCUT2D eigenvalue weighted by molar-refractivity contribution is 0.0868. The zero-order valence-corrected chi connectivity index (χ0v) is 13.9. The number of nitrogens with zero attached hydrogens (tertiary/aromatic N) is 2. The topological polar surface area (TPSA) is 71.1 Å². The van der Waals surface area contributed by atoms with E-state index < -0.39 is 0 Å². The average Bonchev–Trinajstić information content (AvgIpc) is 2.55. The van der Waals surface area contributed by atoms with E-state index in [2.05, 4.69) is 5.32 Å². The fourth-order valence-corrected chi connectivity index (χ4v) is 2.51. The van der Waals surface area contributed by atoms with Gasteiger partial charge in [0.15, 0.2) is 0 Å². The van der Waals surface area contributed by atoms with Crippen LogP contribution >= 0.6 is 11.6 Å². The van der Waals surface area contributed by atoms with Crippen LogP contribution < -0.4 is 10.1 Å². The van der Waals surface area contributed by atoms with E-state index in [0.717, 1.165) is 0 Å². The molecule has 0 aliphatic carbocycles. The second kappa shape index (κ2) is 7.92. The maximum absolute atomic E-state index is 12.2. The number of carbonyl (C=O) groups excluding carboxylic acids is 2. The molecule has 0 unspecified atom stereocenters. The summed E-state index contributed by atoms with van der Waals surface area (Å²) in [6.45, 7) is 3.92. The Morgan fingerprint density at radius 2 is 1.87 bits per heavy atom. The van der Waals surface area contributed by atoms with Crippen molar-refractivity contribution in [1.82, 2.24) is 9.80 Å². The molecule has 1 aromatic carbocycles. The molecular formula is C15H20ClN3O4. The van der Waals surface area contributed by atoms with Crippen molar-refractivity contribution in [3.63, 3.8) is 0 Å². The van der Waals surface area contributed by atoms with Gasteiger partial charge in [0.05, 0.1) is 18.7 Å². The van der Waals surface area contributed by atoms with E-state index >= 15 is 0 Å². The average molecular weight is 342 g/mol. The molecule has 0 spiro atoms. The minimum absolute atomic E-state index is 0.227. The highest BCUT2D eigenvalue weighted by Crippen LogP contribution is 2.27. The molecule has 1 aromatic rings. The predicted octanol–water partition coefficient (Wildman–Crippen LogP) is 2.65. The fourth-order valence-electron chi connectivity index (χ4n) is 2.25. The third-order valence-electron chi connectivity index (χ3n) is 3.50. The molecule has 0 bridgehead atoms. The van der Waals surface area contributed by atoms with Crippen molar-refractivity contribution in [3.8, 4) is 5.75 Å². The number of benzene rings is 1. The SMILES string of the molecule is CCOC(=O)N1CCN(C(=O)Nc2ccc(OC)c(Cl)c2)CC1. The van der Waals surface area contributed by atoms with Crippen LogP contribution in [0, 0.1) is 0 Å². The van der Waals surface area contributed by atoms with Gasteiger partial charge in [0.1, 0.15) is 5.75 Å². The Kier molecular flexibility index (Phi) is 5.92. The van der Waals surface area contributed by atoms with Gasteiger partial charge in [0, 0.05) is 31.9 Å². The maximum Gasteiger partial charge on any atom is 0.409 e. The number of halogens is 1. The Morgan fingerprint density at radius 1 is 1.22 bits per heavy atom. The Hall–Kier alpha value is -2.15. The number of hydrogen-bond acceptors (Lipinski definition) is 4. The Labute approximate surface area is 140 Å². The summed E-state index contributed by atoms with van der Waals surface area (Å²) in [4.78, 5) is 27.1. The summed E-state index contributed by atoms with van der Waals surface area (Å²) < 4.78 is 10.0. The summed E-state index contributed by atoms with van der Waals surface area (Å²) in [7, 11) is 1.53. The van der Waals surface area contributed by atoms with Crippen molar-refractivity contribution in [2.45, 2.75) is 6.92 Å². The van der Waals surface area contributed by atoms with Crippen molar-refractivity contribution in [3.05, 3.63) is 23.2 Å². The summed E-state index contributed by atoms with van der Waals surface area (Å²) >= 11 is 6.03. The molecule has 1 N–H and O–H groups in total. The summed E-state index contributed by atoms with van der Waals surface area (Å²) in [6, 6.07) is 4.82. The molecule has 2 rings (SSSR count). The highest BCUT2D eigenvalue weighted by atomic mass is 35.5.